The molecule has 0 aliphatic rings. The SMILES string of the molecule is CCCN(c1ccc(-c2ccccc2)cc1)c1cc(-n2c3ccc(C(C)(C)C)cc3c3cc(C(C)(C)C)ccc32)cc(Nc2ccc(-c3ccccc3)cc2)c1Cl. The van der Waals surface area contributed by atoms with Crippen molar-refractivity contribution in [1.29, 1.82) is 0 Å². The van der Waals surface area contributed by atoms with Gasteiger partial charge < -0.3 is 14.8 Å². The Kier molecular flexibility index (Phi) is 10.2. The second kappa shape index (κ2) is 15.3. The van der Waals surface area contributed by atoms with Crippen LogP contribution in [0.15, 0.2) is 158 Å². The molecule has 4 heteroatoms. The van der Waals surface area contributed by atoms with E-state index in [0.29, 0.717) is 5.02 Å². The van der Waals surface area contributed by atoms with Crippen molar-refractivity contribution in [2.24, 2.45) is 0 Å². The Balaban J connectivity index is 1.33. The maximum Gasteiger partial charge on any atom is 0.0879 e. The summed E-state index contributed by atoms with van der Waals surface area (Å²) in [5, 5.41) is 6.95. The topological polar surface area (TPSA) is 20.2 Å². The molecule has 0 atom stereocenters. The lowest BCUT2D eigenvalue weighted by atomic mass is 9.85. The summed E-state index contributed by atoms with van der Waals surface area (Å²) >= 11 is 7.59. The molecule has 8 aromatic rings. The number of hydrogen-bond acceptors (Lipinski definition) is 2. The van der Waals surface area contributed by atoms with Gasteiger partial charge in [-0.1, -0.05) is 157 Å². The number of hydrogen-bond donors (Lipinski definition) is 1. The van der Waals surface area contributed by atoms with Crippen molar-refractivity contribution >= 4 is 56.2 Å². The molecule has 0 saturated heterocycles. The second-order valence-corrected chi connectivity index (χ2v) is 17.6. The Morgan fingerprint density at radius 2 is 1.02 bits per heavy atom. The van der Waals surface area contributed by atoms with E-state index in [2.05, 4.69) is 221 Å². The number of halogens is 1. The normalized spacial score (nSPS) is 12.0. The van der Waals surface area contributed by atoms with Gasteiger partial charge in [0, 0.05) is 28.7 Å². The van der Waals surface area contributed by atoms with Gasteiger partial charge in [0.2, 0.25) is 0 Å². The Bertz CT molecular complexity index is 2590. The highest BCUT2D eigenvalue weighted by atomic mass is 35.5. The van der Waals surface area contributed by atoms with Gasteiger partial charge in [0.05, 0.1) is 33.1 Å². The van der Waals surface area contributed by atoms with Crippen molar-refractivity contribution in [2.75, 3.05) is 16.8 Å². The Labute approximate surface area is 343 Å². The van der Waals surface area contributed by atoms with Crippen LogP contribution in [0.25, 0.3) is 49.7 Å². The highest BCUT2D eigenvalue weighted by molar-refractivity contribution is 6.36. The highest BCUT2D eigenvalue weighted by Gasteiger charge is 2.23. The molecule has 0 aliphatic carbocycles. The fourth-order valence-electron chi connectivity index (χ4n) is 7.85. The Hall–Kier alpha value is -5.77. The molecule has 1 N–H and O–H groups in total. The van der Waals surface area contributed by atoms with Crippen LogP contribution in [-0.2, 0) is 10.8 Å². The number of benzene rings is 7. The van der Waals surface area contributed by atoms with Crippen LogP contribution in [-0.4, -0.2) is 11.1 Å². The van der Waals surface area contributed by atoms with E-state index < -0.39 is 0 Å². The summed E-state index contributed by atoms with van der Waals surface area (Å²) in [6.45, 7) is 16.8. The molecule has 8 rings (SSSR count). The van der Waals surface area contributed by atoms with E-state index in [0.717, 1.165) is 41.4 Å². The minimum atomic E-state index is 0.0154. The molecule has 0 aliphatic heterocycles. The minimum absolute atomic E-state index is 0.0154. The third-order valence-corrected chi connectivity index (χ3v) is 11.5. The predicted octanol–water partition coefficient (Wildman–Crippen LogP) is 15.7. The lowest BCUT2D eigenvalue weighted by Gasteiger charge is -2.28. The van der Waals surface area contributed by atoms with E-state index in [1.807, 2.05) is 0 Å². The van der Waals surface area contributed by atoms with Crippen LogP contribution < -0.4 is 10.2 Å². The van der Waals surface area contributed by atoms with Gasteiger partial charge >= 0.3 is 0 Å². The smallest absolute Gasteiger partial charge is 0.0879 e. The van der Waals surface area contributed by atoms with Gasteiger partial charge in [-0.2, -0.15) is 0 Å². The van der Waals surface area contributed by atoms with Crippen molar-refractivity contribution in [3.05, 3.63) is 174 Å². The average molecular weight is 766 g/mol. The Morgan fingerprint density at radius 3 is 1.49 bits per heavy atom. The molecule has 0 unspecified atom stereocenters. The molecular weight excluding hydrogens is 714 g/mol. The quantitative estimate of drug-likeness (QED) is 0.158. The summed E-state index contributed by atoms with van der Waals surface area (Å²) in [7, 11) is 0. The molecule has 7 aromatic carbocycles. The van der Waals surface area contributed by atoms with Crippen molar-refractivity contribution in [3.8, 4) is 27.9 Å². The summed E-state index contributed by atoms with van der Waals surface area (Å²) in [6, 6.07) is 57.0. The van der Waals surface area contributed by atoms with E-state index >= 15 is 0 Å². The largest absolute Gasteiger partial charge is 0.354 e. The first kappa shape index (κ1) is 38.1. The zero-order chi connectivity index (χ0) is 39.9. The molecular formula is C53H52ClN3. The number of aromatic nitrogens is 1. The highest BCUT2D eigenvalue weighted by Crippen LogP contribution is 2.44. The van der Waals surface area contributed by atoms with Crippen LogP contribution in [0.1, 0.15) is 66.0 Å². The van der Waals surface area contributed by atoms with Crippen molar-refractivity contribution < 1.29 is 0 Å². The standard InChI is InChI=1S/C53H52ClN3/c1-8-31-56(43-27-21-39(22-28-43)37-17-13-10-14-18-37)50-35-44(34-47(51(50)54)55-42-25-19-38(20-26-42)36-15-11-9-12-16-36)57-48-29-23-40(52(2,3)4)32-45(48)46-33-41(53(5,6)7)24-30-49(46)57/h9-30,32-35,55H,8,31H2,1-7H3. The van der Waals surface area contributed by atoms with Crippen LogP contribution in [0.3, 0.4) is 0 Å². The third-order valence-electron chi connectivity index (χ3n) is 11.1. The first-order valence-corrected chi connectivity index (χ1v) is 20.6. The second-order valence-electron chi connectivity index (χ2n) is 17.3. The number of nitrogens with one attached hydrogen (secondary N) is 1. The average Bonchev–Trinajstić information content (AvgIpc) is 3.54. The van der Waals surface area contributed by atoms with Crippen LogP contribution in [0, 0.1) is 0 Å². The van der Waals surface area contributed by atoms with Crippen LogP contribution in [0.2, 0.25) is 5.02 Å². The van der Waals surface area contributed by atoms with Crippen molar-refractivity contribution in [2.45, 2.75) is 65.7 Å². The zero-order valence-electron chi connectivity index (χ0n) is 34.2. The maximum absolute atomic E-state index is 7.59. The van der Waals surface area contributed by atoms with E-state index in [1.165, 1.54) is 55.2 Å². The van der Waals surface area contributed by atoms with E-state index in [-0.39, 0.29) is 10.8 Å². The van der Waals surface area contributed by atoms with Gasteiger partial charge in [-0.3, -0.25) is 0 Å². The monoisotopic (exact) mass is 765 g/mol. The molecule has 1 heterocycles. The zero-order valence-corrected chi connectivity index (χ0v) is 35.0. The van der Waals surface area contributed by atoms with E-state index in [1.54, 1.807) is 0 Å². The van der Waals surface area contributed by atoms with Crippen molar-refractivity contribution in [1.82, 2.24) is 4.57 Å². The van der Waals surface area contributed by atoms with Gasteiger partial charge in [0.15, 0.2) is 0 Å². The minimum Gasteiger partial charge on any atom is -0.354 e. The maximum atomic E-state index is 7.59. The molecule has 0 radical (unpaired) electrons. The fraction of sp³-hybridized carbons (Fsp3) is 0.208. The predicted molar refractivity (Wildman–Crippen MR) is 248 cm³/mol. The summed E-state index contributed by atoms with van der Waals surface area (Å²) in [6.07, 6.45) is 0.950. The lowest BCUT2D eigenvalue weighted by Crippen LogP contribution is -2.19. The van der Waals surface area contributed by atoms with E-state index in [4.69, 9.17) is 11.6 Å². The molecule has 286 valence electrons. The van der Waals surface area contributed by atoms with Crippen LogP contribution in [0.5, 0.6) is 0 Å². The summed E-state index contributed by atoms with van der Waals surface area (Å²) in [4.78, 5) is 2.37. The van der Waals surface area contributed by atoms with Gasteiger partial charge in [-0.05, 0) is 111 Å². The summed E-state index contributed by atoms with van der Waals surface area (Å²) < 4.78 is 2.43. The third kappa shape index (κ3) is 7.69. The van der Waals surface area contributed by atoms with Crippen LogP contribution in [0.4, 0.5) is 22.7 Å². The molecule has 3 nitrogen and oxygen atoms in total. The molecule has 0 spiro atoms. The molecule has 0 amide bonds. The van der Waals surface area contributed by atoms with Gasteiger partial charge in [0.1, 0.15) is 0 Å². The number of nitrogens with zero attached hydrogens (tertiary/aromatic N) is 2. The molecule has 0 bridgehead atoms. The van der Waals surface area contributed by atoms with Crippen molar-refractivity contribution in [3.63, 3.8) is 0 Å². The molecule has 0 saturated carbocycles. The van der Waals surface area contributed by atoms with Gasteiger partial charge in [0.25, 0.3) is 0 Å². The number of rotatable bonds is 9. The Morgan fingerprint density at radius 1 is 0.544 bits per heavy atom. The summed E-state index contributed by atoms with van der Waals surface area (Å²) in [5.41, 5.74) is 14.7. The number of fused-ring (bicyclic) bond motifs is 3. The molecule has 1 aromatic heterocycles. The fourth-order valence-corrected chi connectivity index (χ4v) is 8.11. The first-order valence-electron chi connectivity index (χ1n) is 20.2. The molecule has 57 heavy (non-hydrogen) atoms. The summed E-state index contributed by atoms with van der Waals surface area (Å²) in [5.74, 6) is 0. The number of anilines is 4. The lowest BCUT2D eigenvalue weighted by molar-refractivity contribution is 0.590. The first-order chi connectivity index (χ1) is 27.4. The van der Waals surface area contributed by atoms with Gasteiger partial charge in [-0.15, -0.1) is 0 Å². The van der Waals surface area contributed by atoms with Gasteiger partial charge in [-0.25, -0.2) is 0 Å². The molecule has 0 fully saturated rings. The van der Waals surface area contributed by atoms with Crippen LogP contribution >= 0.6 is 11.6 Å². The van der Waals surface area contributed by atoms with E-state index in [9.17, 15) is 0 Å².